The molecule has 1 aliphatic heterocycles. The van der Waals surface area contributed by atoms with Gasteiger partial charge in [0.25, 0.3) is 0 Å². The molecule has 1 saturated carbocycles. The highest BCUT2D eigenvalue weighted by atomic mass is 32.2. The molecule has 5 nitrogen and oxygen atoms in total. The van der Waals surface area contributed by atoms with Gasteiger partial charge in [-0.1, -0.05) is 6.92 Å². The molecule has 1 unspecified atom stereocenters. The van der Waals surface area contributed by atoms with Gasteiger partial charge in [0.1, 0.15) is 0 Å². The van der Waals surface area contributed by atoms with Crippen LogP contribution in [0.1, 0.15) is 33.1 Å². The normalized spacial score (nSPS) is 24.5. The molecule has 19 heavy (non-hydrogen) atoms. The fraction of sp³-hybridized carbons (Fsp3) is 1.00. The molecule has 1 N–H and O–H groups in total. The third-order valence-electron chi connectivity index (χ3n) is 4.06. The Hall–Kier alpha value is -0.170. The lowest BCUT2D eigenvalue weighted by molar-refractivity contribution is 0.180. The second kappa shape index (κ2) is 6.52. The van der Waals surface area contributed by atoms with Crippen LogP contribution < -0.4 is 5.32 Å². The summed E-state index contributed by atoms with van der Waals surface area (Å²) < 4.78 is 26.6. The van der Waals surface area contributed by atoms with E-state index in [0.29, 0.717) is 19.6 Å². The average molecular weight is 289 g/mol. The van der Waals surface area contributed by atoms with Crippen molar-refractivity contribution in [1.29, 1.82) is 0 Å². The third-order valence-corrected chi connectivity index (χ3v) is 6.33. The minimum absolute atomic E-state index is 0.327. The zero-order valence-electron chi connectivity index (χ0n) is 12.1. The summed E-state index contributed by atoms with van der Waals surface area (Å²) in [4.78, 5) is 2.44. The monoisotopic (exact) mass is 289 g/mol. The van der Waals surface area contributed by atoms with Gasteiger partial charge in [-0.2, -0.15) is 4.31 Å². The molecule has 0 radical (unpaired) electrons. The Morgan fingerprint density at radius 2 is 1.84 bits per heavy atom. The largest absolute Gasteiger partial charge is 0.315 e. The van der Waals surface area contributed by atoms with Crippen LogP contribution in [0.25, 0.3) is 0 Å². The van der Waals surface area contributed by atoms with E-state index in [1.807, 2.05) is 6.92 Å². The topological polar surface area (TPSA) is 52.7 Å². The van der Waals surface area contributed by atoms with E-state index in [-0.39, 0.29) is 5.25 Å². The SMILES string of the molecule is CCCNCC(C)S(=O)(=O)N1CCN(C2CC2)CC1. The number of hydrogen-bond acceptors (Lipinski definition) is 4. The van der Waals surface area contributed by atoms with Crippen LogP contribution >= 0.6 is 0 Å². The molecule has 1 heterocycles. The number of hydrogen-bond donors (Lipinski definition) is 1. The van der Waals surface area contributed by atoms with Gasteiger partial charge in [0, 0.05) is 38.8 Å². The predicted molar refractivity (Wildman–Crippen MR) is 77.7 cm³/mol. The van der Waals surface area contributed by atoms with Crippen molar-refractivity contribution in [2.75, 3.05) is 39.3 Å². The number of nitrogens with one attached hydrogen (secondary N) is 1. The number of sulfonamides is 1. The predicted octanol–water partition coefficient (Wildman–Crippen LogP) is 0.484. The van der Waals surface area contributed by atoms with Gasteiger partial charge in [-0.3, -0.25) is 4.90 Å². The minimum atomic E-state index is -3.13. The van der Waals surface area contributed by atoms with E-state index in [9.17, 15) is 8.42 Å². The molecule has 112 valence electrons. The van der Waals surface area contributed by atoms with Gasteiger partial charge in [0.05, 0.1) is 5.25 Å². The summed E-state index contributed by atoms with van der Waals surface area (Å²) >= 11 is 0. The van der Waals surface area contributed by atoms with E-state index in [1.54, 1.807) is 4.31 Å². The Balaban J connectivity index is 1.81. The molecule has 0 aromatic heterocycles. The van der Waals surface area contributed by atoms with Gasteiger partial charge >= 0.3 is 0 Å². The molecule has 0 bridgehead atoms. The Labute approximate surface area is 117 Å². The zero-order chi connectivity index (χ0) is 13.9. The van der Waals surface area contributed by atoms with Crippen molar-refractivity contribution in [3.63, 3.8) is 0 Å². The maximum Gasteiger partial charge on any atom is 0.218 e. The first-order valence-corrected chi connectivity index (χ1v) is 8.99. The van der Waals surface area contributed by atoms with Crippen molar-refractivity contribution in [2.24, 2.45) is 0 Å². The second-order valence-corrected chi connectivity index (χ2v) is 8.08. The summed E-state index contributed by atoms with van der Waals surface area (Å²) in [5.74, 6) is 0. The van der Waals surface area contributed by atoms with E-state index >= 15 is 0 Å². The molecular formula is C13H27N3O2S. The van der Waals surface area contributed by atoms with Crippen molar-refractivity contribution in [3.8, 4) is 0 Å². The summed E-state index contributed by atoms with van der Waals surface area (Å²) in [7, 11) is -3.13. The molecule has 1 aliphatic carbocycles. The number of rotatable bonds is 7. The van der Waals surface area contributed by atoms with Gasteiger partial charge in [0.15, 0.2) is 0 Å². The van der Waals surface area contributed by atoms with Crippen LogP contribution in [0.5, 0.6) is 0 Å². The highest BCUT2D eigenvalue weighted by molar-refractivity contribution is 7.89. The lowest BCUT2D eigenvalue weighted by Crippen LogP contribution is -2.52. The molecule has 1 atom stereocenters. The average Bonchev–Trinajstić information content (AvgIpc) is 3.23. The maximum atomic E-state index is 12.4. The molecule has 2 fully saturated rings. The second-order valence-electron chi connectivity index (χ2n) is 5.73. The zero-order valence-corrected chi connectivity index (χ0v) is 13.0. The fourth-order valence-corrected chi connectivity index (χ4v) is 4.11. The van der Waals surface area contributed by atoms with E-state index in [2.05, 4.69) is 17.1 Å². The third kappa shape index (κ3) is 3.90. The number of piperazine rings is 1. The first-order chi connectivity index (χ1) is 9.05. The standard InChI is InChI=1S/C13H27N3O2S/c1-3-6-14-11-12(2)19(17,18)16-9-7-15(8-10-16)13-4-5-13/h12-14H,3-11H2,1-2H3. The van der Waals surface area contributed by atoms with Crippen molar-refractivity contribution < 1.29 is 8.42 Å². The lowest BCUT2D eigenvalue weighted by Gasteiger charge is -2.35. The van der Waals surface area contributed by atoms with Crippen LogP contribution in [0.3, 0.4) is 0 Å². The Morgan fingerprint density at radius 1 is 1.21 bits per heavy atom. The molecule has 2 aliphatic rings. The first kappa shape index (κ1) is 15.2. The van der Waals surface area contributed by atoms with Crippen molar-refractivity contribution in [1.82, 2.24) is 14.5 Å². The lowest BCUT2D eigenvalue weighted by atomic mass is 10.3. The van der Waals surface area contributed by atoms with Crippen LogP contribution in [0.15, 0.2) is 0 Å². The van der Waals surface area contributed by atoms with Gasteiger partial charge in [-0.15, -0.1) is 0 Å². The van der Waals surface area contributed by atoms with E-state index in [0.717, 1.165) is 32.1 Å². The van der Waals surface area contributed by atoms with Crippen LogP contribution in [0.2, 0.25) is 0 Å². The smallest absolute Gasteiger partial charge is 0.218 e. The van der Waals surface area contributed by atoms with Gasteiger partial charge in [0.2, 0.25) is 10.0 Å². The maximum absolute atomic E-state index is 12.4. The van der Waals surface area contributed by atoms with Crippen molar-refractivity contribution in [2.45, 2.75) is 44.4 Å². The molecule has 1 saturated heterocycles. The quantitative estimate of drug-likeness (QED) is 0.693. The van der Waals surface area contributed by atoms with Gasteiger partial charge in [-0.25, -0.2) is 8.42 Å². The number of nitrogens with zero attached hydrogens (tertiary/aromatic N) is 2. The molecule has 0 aromatic rings. The van der Waals surface area contributed by atoms with Crippen LogP contribution in [-0.2, 0) is 10.0 Å². The Bertz CT molecular complexity index is 373. The first-order valence-electron chi connectivity index (χ1n) is 7.49. The van der Waals surface area contributed by atoms with Gasteiger partial charge in [-0.05, 0) is 32.7 Å². The minimum Gasteiger partial charge on any atom is -0.315 e. The van der Waals surface area contributed by atoms with Crippen LogP contribution in [-0.4, -0.2) is 68.2 Å². The van der Waals surface area contributed by atoms with Crippen LogP contribution in [0, 0.1) is 0 Å². The van der Waals surface area contributed by atoms with E-state index < -0.39 is 10.0 Å². The fourth-order valence-electron chi connectivity index (χ4n) is 2.60. The van der Waals surface area contributed by atoms with Crippen molar-refractivity contribution in [3.05, 3.63) is 0 Å². The summed E-state index contributed by atoms with van der Waals surface area (Å²) in [5, 5.41) is 2.87. The molecule has 0 aromatic carbocycles. The van der Waals surface area contributed by atoms with Gasteiger partial charge < -0.3 is 5.32 Å². The Kier molecular flexibility index (Phi) is 5.22. The molecule has 6 heteroatoms. The summed E-state index contributed by atoms with van der Waals surface area (Å²) in [6, 6.07) is 0.744. The molecular weight excluding hydrogens is 262 g/mol. The highest BCUT2D eigenvalue weighted by Gasteiger charge is 2.35. The highest BCUT2D eigenvalue weighted by Crippen LogP contribution is 2.28. The molecule has 0 spiro atoms. The van der Waals surface area contributed by atoms with Crippen LogP contribution in [0.4, 0.5) is 0 Å². The van der Waals surface area contributed by atoms with E-state index in [1.165, 1.54) is 12.8 Å². The summed E-state index contributed by atoms with van der Waals surface area (Å²) in [6.07, 6.45) is 3.63. The van der Waals surface area contributed by atoms with E-state index in [4.69, 9.17) is 0 Å². The summed E-state index contributed by atoms with van der Waals surface area (Å²) in [6.45, 7) is 8.47. The molecule has 2 rings (SSSR count). The molecule has 0 amide bonds. The Morgan fingerprint density at radius 3 is 2.37 bits per heavy atom. The summed E-state index contributed by atoms with van der Waals surface area (Å²) in [5.41, 5.74) is 0. The van der Waals surface area contributed by atoms with Crippen molar-refractivity contribution >= 4 is 10.0 Å².